The molecule has 6 aliphatic heterocycles. The molecule has 10 rings (SSSR count). The van der Waals surface area contributed by atoms with Crippen molar-refractivity contribution in [3.8, 4) is 46.0 Å². The summed E-state index contributed by atoms with van der Waals surface area (Å²) < 4.78 is 30.6. The van der Waals surface area contributed by atoms with Crippen molar-refractivity contribution >= 4 is 0 Å². The van der Waals surface area contributed by atoms with Gasteiger partial charge in [-0.1, -0.05) is 18.2 Å². The highest BCUT2D eigenvalue weighted by atomic mass is 16.5. The van der Waals surface area contributed by atoms with E-state index < -0.39 is 0 Å². The summed E-state index contributed by atoms with van der Waals surface area (Å²) in [7, 11) is 7.02. The number of phenolic OH excluding ortho intramolecular Hbond substituents is 1. The highest BCUT2D eigenvalue weighted by Gasteiger charge is 2.34. The van der Waals surface area contributed by atoms with Crippen molar-refractivity contribution in [2.24, 2.45) is 0 Å². The lowest BCUT2D eigenvalue weighted by Crippen LogP contribution is -2.34. The number of hydrogen-bond acceptors (Lipinski definition) is 8. The molecule has 0 aromatic heterocycles. The number of aromatic hydroxyl groups is 1. The van der Waals surface area contributed by atoms with Gasteiger partial charge in [-0.25, -0.2) is 0 Å². The van der Waals surface area contributed by atoms with Crippen molar-refractivity contribution in [2.45, 2.75) is 37.8 Å². The second kappa shape index (κ2) is 11.6. The van der Waals surface area contributed by atoms with Gasteiger partial charge < -0.3 is 34.1 Å². The number of hydrogen-bond donors (Lipinski definition) is 2. The summed E-state index contributed by atoms with van der Waals surface area (Å²) in [5, 5.41) is 14.8. The summed E-state index contributed by atoms with van der Waals surface area (Å²) in [5.41, 5.74) is 6.74. The zero-order valence-electron chi connectivity index (χ0n) is 25.6. The summed E-state index contributed by atoms with van der Waals surface area (Å²) >= 11 is 0. The summed E-state index contributed by atoms with van der Waals surface area (Å²) in [6.07, 6.45) is 3.15. The first kappa shape index (κ1) is 28.4. The van der Waals surface area contributed by atoms with Crippen LogP contribution < -0.4 is 29.0 Å². The molecule has 0 aliphatic carbocycles. The highest BCUT2D eigenvalue weighted by molar-refractivity contribution is 5.63. The van der Waals surface area contributed by atoms with E-state index >= 15 is 0 Å². The van der Waals surface area contributed by atoms with Crippen LogP contribution in [0, 0.1) is 0 Å². The molecule has 8 bridgehead atoms. The molecule has 8 heteroatoms. The quantitative estimate of drug-likeness (QED) is 0.278. The Balaban J connectivity index is 1.44. The molecule has 8 nitrogen and oxygen atoms in total. The van der Waals surface area contributed by atoms with Gasteiger partial charge in [0.15, 0.2) is 34.5 Å². The first-order valence-corrected chi connectivity index (χ1v) is 15.1. The molecule has 0 amide bonds. The smallest absolute Gasteiger partial charge is 0.204 e. The predicted molar refractivity (Wildman–Crippen MR) is 168 cm³/mol. The molecule has 2 N–H and O–H groups in total. The number of ether oxygens (including phenoxy) is 5. The van der Waals surface area contributed by atoms with E-state index in [9.17, 15) is 5.11 Å². The second-order valence-corrected chi connectivity index (χ2v) is 11.8. The van der Waals surface area contributed by atoms with E-state index in [2.05, 4.69) is 53.7 Å². The van der Waals surface area contributed by atoms with Crippen LogP contribution in [0.15, 0.2) is 60.7 Å². The van der Waals surface area contributed by atoms with Crippen molar-refractivity contribution in [1.82, 2.24) is 10.2 Å². The molecule has 228 valence electrons. The third-order valence-electron chi connectivity index (χ3n) is 9.19. The molecular formula is C36H38N2O6. The molecule has 0 spiro atoms. The zero-order valence-corrected chi connectivity index (χ0v) is 25.6. The maximum absolute atomic E-state index is 11.1. The van der Waals surface area contributed by atoms with E-state index in [0.29, 0.717) is 40.9 Å². The van der Waals surface area contributed by atoms with Crippen LogP contribution in [-0.4, -0.2) is 51.5 Å². The lowest BCUT2D eigenvalue weighted by atomic mass is 9.87. The zero-order chi connectivity index (χ0) is 30.4. The minimum atomic E-state index is -0.0527. The van der Waals surface area contributed by atoms with Crippen LogP contribution in [-0.2, 0) is 25.7 Å². The molecular weight excluding hydrogens is 556 g/mol. The molecule has 0 saturated heterocycles. The first-order valence-electron chi connectivity index (χ1n) is 15.1. The van der Waals surface area contributed by atoms with Gasteiger partial charge in [-0.05, 0) is 110 Å². The number of methoxy groups -OCH3 is 3. The van der Waals surface area contributed by atoms with Gasteiger partial charge in [-0.15, -0.1) is 0 Å². The Hall–Kier alpha value is -4.40. The van der Waals surface area contributed by atoms with E-state index in [1.54, 1.807) is 21.3 Å². The maximum Gasteiger partial charge on any atom is 0.204 e. The number of phenols is 1. The minimum Gasteiger partial charge on any atom is -0.504 e. The van der Waals surface area contributed by atoms with E-state index in [-0.39, 0.29) is 17.8 Å². The summed E-state index contributed by atoms with van der Waals surface area (Å²) in [6.45, 7) is 1.70. The first-order chi connectivity index (χ1) is 21.4. The third kappa shape index (κ3) is 5.08. The van der Waals surface area contributed by atoms with Gasteiger partial charge in [-0.2, -0.15) is 0 Å². The van der Waals surface area contributed by atoms with Crippen molar-refractivity contribution < 1.29 is 28.8 Å². The fourth-order valence-electron chi connectivity index (χ4n) is 6.88. The largest absolute Gasteiger partial charge is 0.504 e. The molecule has 6 heterocycles. The average Bonchev–Trinajstić information content (AvgIpc) is 3.03. The standard InChI is InChI=1S/C36H38N2O6/c1-38-14-12-24-18-29(39)35(42-4)36-34(24)28(38)16-22-7-10-30(40-2)32(17-22)43-25-8-5-21(6-9-25)15-27-26-20-31(41-3)33(44-36)19-23(26)11-13-37-27/h5-10,17-20,27-28,37,39H,11-16H2,1-4H3/t27-,28+/m1/s1. The summed E-state index contributed by atoms with van der Waals surface area (Å²) in [5.74, 6) is 4.22. The molecule has 6 aliphatic rings. The minimum absolute atomic E-state index is 0.0527. The van der Waals surface area contributed by atoms with Crippen molar-refractivity contribution in [2.75, 3.05) is 41.5 Å². The van der Waals surface area contributed by atoms with E-state index in [1.807, 2.05) is 24.3 Å². The topological polar surface area (TPSA) is 81.7 Å². The Morgan fingerprint density at radius 1 is 0.795 bits per heavy atom. The molecule has 4 aromatic rings. The number of nitrogens with one attached hydrogen (secondary N) is 1. The van der Waals surface area contributed by atoms with Gasteiger partial charge in [-0.3, -0.25) is 4.90 Å². The normalized spacial score (nSPS) is 19.1. The maximum atomic E-state index is 11.1. The van der Waals surface area contributed by atoms with Gasteiger partial charge in [0.05, 0.1) is 21.3 Å². The molecule has 44 heavy (non-hydrogen) atoms. The number of benzene rings is 4. The molecule has 0 fully saturated rings. The Morgan fingerprint density at radius 2 is 1.57 bits per heavy atom. The van der Waals surface area contributed by atoms with E-state index in [4.69, 9.17) is 23.7 Å². The van der Waals surface area contributed by atoms with Crippen LogP contribution in [0.2, 0.25) is 0 Å². The molecule has 0 unspecified atom stereocenters. The summed E-state index contributed by atoms with van der Waals surface area (Å²) in [6, 6.07) is 20.5. The van der Waals surface area contributed by atoms with Crippen molar-refractivity contribution in [3.63, 3.8) is 0 Å². The fourth-order valence-corrected chi connectivity index (χ4v) is 6.88. The Bertz CT molecular complexity index is 1700. The average molecular weight is 595 g/mol. The van der Waals surface area contributed by atoms with Gasteiger partial charge in [0.25, 0.3) is 0 Å². The van der Waals surface area contributed by atoms with Crippen LogP contribution in [0.1, 0.15) is 45.5 Å². The van der Waals surface area contributed by atoms with Crippen molar-refractivity contribution in [1.29, 1.82) is 0 Å². The predicted octanol–water partition coefficient (Wildman–Crippen LogP) is 6.52. The molecule has 2 atom stereocenters. The summed E-state index contributed by atoms with van der Waals surface area (Å²) in [4.78, 5) is 2.33. The van der Waals surface area contributed by atoms with Gasteiger partial charge in [0, 0.05) is 24.2 Å². The van der Waals surface area contributed by atoms with Gasteiger partial charge >= 0.3 is 0 Å². The Morgan fingerprint density at radius 3 is 2.34 bits per heavy atom. The van der Waals surface area contributed by atoms with E-state index in [0.717, 1.165) is 54.8 Å². The molecule has 0 radical (unpaired) electrons. The Labute approximate surface area is 258 Å². The fraction of sp³-hybridized carbons (Fsp3) is 0.333. The van der Waals surface area contributed by atoms with Crippen LogP contribution in [0.5, 0.6) is 46.0 Å². The van der Waals surface area contributed by atoms with E-state index in [1.165, 1.54) is 16.7 Å². The Kier molecular flexibility index (Phi) is 7.48. The number of likely N-dealkylation sites (N-methyl/N-ethyl adjacent to an activating group) is 1. The SMILES string of the molecule is COc1ccc2cc1Oc1ccc(cc1)C[C@H]1NCCc3cc(c(OC)cc31)Oc1c(OC)c(O)cc3c1[C@H](C2)N(C)CC3. The van der Waals surface area contributed by atoms with Crippen molar-refractivity contribution in [3.05, 3.63) is 94.0 Å². The second-order valence-electron chi connectivity index (χ2n) is 11.8. The number of rotatable bonds is 3. The monoisotopic (exact) mass is 594 g/mol. The van der Waals surface area contributed by atoms with Crippen LogP contribution in [0.3, 0.4) is 0 Å². The lowest BCUT2D eigenvalue weighted by molar-refractivity contribution is 0.221. The highest BCUT2D eigenvalue weighted by Crippen LogP contribution is 2.51. The van der Waals surface area contributed by atoms with Gasteiger partial charge in [0.2, 0.25) is 5.75 Å². The molecule has 0 saturated carbocycles. The molecule has 4 aromatic carbocycles. The van der Waals surface area contributed by atoms with Gasteiger partial charge in [0.1, 0.15) is 5.75 Å². The third-order valence-corrected chi connectivity index (χ3v) is 9.19. The van der Waals surface area contributed by atoms with Crippen LogP contribution in [0.4, 0.5) is 0 Å². The van der Waals surface area contributed by atoms with Crippen LogP contribution >= 0.6 is 0 Å². The lowest BCUT2D eigenvalue weighted by Gasteiger charge is -2.36. The van der Waals surface area contributed by atoms with Crippen LogP contribution in [0.25, 0.3) is 0 Å². The number of nitrogens with zero attached hydrogens (tertiary/aromatic N) is 1.